The van der Waals surface area contributed by atoms with Crippen molar-refractivity contribution in [1.82, 2.24) is 19.5 Å². The molecule has 0 unspecified atom stereocenters. The molecule has 148 valence electrons. The molecule has 1 N–H and O–H groups in total. The highest BCUT2D eigenvalue weighted by atomic mass is 79.9. The van der Waals surface area contributed by atoms with Gasteiger partial charge in [-0.25, -0.2) is 9.50 Å². The first-order chi connectivity index (χ1) is 13.3. The van der Waals surface area contributed by atoms with E-state index in [1.165, 1.54) is 16.2 Å². The Bertz CT molecular complexity index is 1030. The van der Waals surface area contributed by atoms with Crippen molar-refractivity contribution in [3.63, 3.8) is 0 Å². The Morgan fingerprint density at radius 1 is 1.32 bits per heavy atom. The van der Waals surface area contributed by atoms with E-state index in [0.717, 1.165) is 19.2 Å². The normalized spacial score (nSPS) is 16.1. The molecule has 28 heavy (non-hydrogen) atoms. The second-order valence-corrected chi connectivity index (χ2v) is 8.39. The molecule has 0 aliphatic carbocycles. The van der Waals surface area contributed by atoms with Crippen molar-refractivity contribution in [2.24, 2.45) is 0 Å². The number of carbonyl (C=O) groups excluding carboxylic acids is 1. The minimum Gasteiger partial charge on any atom is -0.334 e. The summed E-state index contributed by atoms with van der Waals surface area (Å²) in [6.45, 7) is 2.63. The molecule has 3 aromatic heterocycles. The first-order valence-corrected chi connectivity index (χ1v) is 10.2. The van der Waals surface area contributed by atoms with Crippen molar-refractivity contribution < 1.29 is 22.9 Å². The van der Waals surface area contributed by atoms with Gasteiger partial charge >= 0.3 is 6.18 Å². The second kappa shape index (κ2) is 7.12. The maximum atomic E-state index is 13.7. The molecule has 1 amide bonds. The van der Waals surface area contributed by atoms with Gasteiger partial charge < -0.3 is 9.80 Å². The third kappa shape index (κ3) is 3.42. The van der Waals surface area contributed by atoms with Crippen LogP contribution >= 0.6 is 27.3 Å². The first kappa shape index (κ1) is 19.3. The Balaban J connectivity index is 1.84. The third-order valence-electron chi connectivity index (χ3n) is 4.70. The average Bonchev–Trinajstić information content (AvgIpc) is 3.29. The zero-order valence-corrected chi connectivity index (χ0v) is 17.2. The van der Waals surface area contributed by atoms with Gasteiger partial charge in [0.15, 0.2) is 17.0 Å². The molecule has 0 radical (unpaired) electrons. The van der Waals surface area contributed by atoms with Crippen LogP contribution in [0.15, 0.2) is 28.1 Å². The predicted molar refractivity (Wildman–Crippen MR) is 102 cm³/mol. The van der Waals surface area contributed by atoms with Crippen LogP contribution in [0.2, 0.25) is 0 Å². The van der Waals surface area contributed by atoms with Gasteiger partial charge in [0.05, 0.1) is 48.3 Å². The van der Waals surface area contributed by atoms with E-state index in [2.05, 4.69) is 26.0 Å². The lowest BCUT2D eigenvalue weighted by atomic mass is 10.2. The number of rotatable bonds is 2. The summed E-state index contributed by atoms with van der Waals surface area (Å²) in [7, 11) is 2.04. The minimum atomic E-state index is -4.64. The number of likely N-dealkylation sites (N-methyl/N-ethyl adjacent to an activating group) is 1. The van der Waals surface area contributed by atoms with Gasteiger partial charge in [-0.2, -0.15) is 18.3 Å². The lowest BCUT2D eigenvalue weighted by molar-refractivity contribution is -0.883. The fourth-order valence-corrected chi connectivity index (χ4v) is 4.31. The first-order valence-electron chi connectivity index (χ1n) is 8.56. The molecule has 1 aliphatic rings. The predicted octanol–water partition coefficient (Wildman–Crippen LogP) is 2.21. The van der Waals surface area contributed by atoms with Crippen LogP contribution in [0.25, 0.3) is 16.2 Å². The molecule has 1 fully saturated rings. The van der Waals surface area contributed by atoms with Crippen molar-refractivity contribution >= 4 is 38.8 Å². The summed E-state index contributed by atoms with van der Waals surface area (Å²) in [4.78, 5) is 20.7. The minimum absolute atomic E-state index is 0.0265. The molecule has 6 nitrogen and oxygen atoms in total. The van der Waals surface area contributed by atoms with Crippen molar-refractivity contribution in [2.45, 2.75) is 6.18 Å². The van der Waals surface area contributed by atoms with Gasteiger partial charge in [-0.3, -0.25) is 4.79 Å². The van der Waals surface area contributed by atoms with E-state index in [0.29, 0.717) is 22.5 Å². The largest absolute Gasteiger partial charge is 0.433 e. The van der Waals surface area contributed by atoms with Crippen LogP contribution in [0.3, 0.4) is 0 Å². The summed E-state index contributed by atoms with van der Waals surface area (Å²) in [5.74, 6) is -0.393. The number of hydrogen-bond donors (Lipinski definition) is 1. The van der Waals surface area contributed by atoms with Gasteiger partial charge in [-0.1, -0.05) is 6.07 Å². The van der Waals surface area contributed by atoms with Gasteiger partial charge in [0.2, 0.25) is 0 Å². The van der Waals surface area contributed by atoms with E-state index < -0.39 is 17.8 Å². The fraction of sp³-hybridized carbons (Fsp3) is 0.353. The molecule has 3 aromatic rings. The van der Waals surface area contributed by atoms with Gasteiger partial charge in [0.25, 0.3) is 5.91 Å². The van der Waals surface area contributed by atoms with E-state index in [4.69, 9.17) is 0 Å². The van der Waals surface area contributed by atoms with Gasteiger partial charge in [-0.05, 0) is 33.4 Å². The standard InChI is InChI=1S/C17H15BrF3N5OS/c1-24-4-6-25(7-5-24)16(27)14-13(18)15-22-10(11-3-2-8-28-11)9-12(17(19,20)21)26(15)23-14/h2-3,8-9H,4-7H2,1H3/p+1. The quantitative estimate of drug-likeness (QED) is 0.619. The van der Waals surface area contributed by atoms with E-state index in [9.17, 15) is 18.0 Å². The number of alkyl halides is 3. The number of nitrogens with one attached hydrogen (secondary N) is 1. The number of amides is 1. The molecule has 1 saturated heterocycles. The van der Waals surface area contributed by atoms with Crippen molar-refractivity contribution in [3.05, 3.63) is 39.4 Å². The smallest absolute Gasteiger partial charge is 0.334 e. The topological polar surface area (TPSA) is 54.9 Å². The lowest BCUT2D eigenvalue weighted by Crippen LogP contribution is -3.12. The number of aromatic nitrogens is 3. The number of fused-ring (bicyclic) bond motifs is 1. The van der Waals surface area contributed by atoms with Crippen molar-refractivity contribution in [3.8, 4) is 10.6 Å². The zero-order chi connectivity index (χ0) is 20.1. The number of thiophene rings is 1. The monoisotopic (exact) mass is 474 g/mol. The molecule has 4 rings (SSSR count). The zero-order valence-electron chi connectivity index (χ0n) is 14.8. The van der Waals surface area contributed by atoms with E-state index in [1.807, 2.05) is 7.05 Å². The van der Waals surface area contributed by atoms with Crippen molar-refractivity contribution in [2.75, 3.05) is 33.2 Å². The molecule has 11 heteroatoms. The average molecular weight is 475 g/mol. The highest BCUT2D eigenvalue weighted by molar-refractivity contribution is 9.10. The molecule has 0 saturated carbocycles. The maximum Gasteiger partial charge on any atom is 0.433 e. The molecule has 4 heterocycles. The van der Waals surface area contributed by atoms with Gasteiger partial charge in [-0.15, -0.1) is 11.3 Å². The number of piperazine rings is 1. The lowest BCUT2D eigenvalue weighted by Gasteiger charge is -2.29. The molecule has 0 spiro atoms. The molecule has 0 bridgehead atoms. The summed E-state index contributed by atoms with van der Waals surface area (Å²) in [6, 6.07) is 4.41. The second-order valence-electron chi connectivity index (χ2n) is 6.65. The number of halogens is 4. The number of quaternary nitrogens is 1. The summed E-state index contributed by atoms with van der Waals surface area (Å²) < 4.78 is 41.9. The summed E-state index contributed by atoms with van der Waals surface area (Å²) in [6.07, 6.45) is -4.64. The van der Waals surface area contributed by atoms with Gasteiger partial charge in [0.1, 0.15) is 0 Å². The maximum absolute atomic E-state index is 13.7. The van der Waals surface area contributed by atoms with Crippen LogP contribution < -0.4 is 4.90 Å². The number of nitrogens with zero attached hydrogens (tertiary/aromatic N) is 4. The Hall–Kier alpha value is -1.98. The van der Waals surface area contributed by atoms with Gasteiger partial charge in [0, 0.05) is 0 Å². The highest BCUT2D eigenvalue weighted by Gasteiger charge is 2.37. The van der Waals surface area contributed by atoms with Crippen LogP contribution in [-0.2, 0) is 6.18 Å². The Morgan fingerprint density at radius 2 is 2.04 bits per heavy atom. The van der Waals surface area contributed by atoms with Crippen molar-refractivity contribution in [1.29, 1.82) is 0 Å². The molecule has 0 aromatic carbocycles. The summed E-state index contributed by atoms with van der Waals surface area (Å²) in [5, 5.41) is 5.76. The Labute approximate surface area is 170 Å². The van der Waals surface area contributed by atoms with E-state index >= 15 is 0 Å². The molecular weight excluding hydrogens is 459 g/mol. The third-order valence-corrected chi connectivity index (χ3v) is 6.33. The molecule has 1 aliphatic heterocycles. The van der Waals surface area contributed by atoms with Crippen LogP contribution in [0.1, 0.15) is 16.2 Å². The van der Waals surface area contributed by atoms with E-state index in [-0.39, 0.29) is 21.5 Å². The highest BCUT2D eigenvalue weighted by Crippen LogP contribution is 2.35. The van der Waals surface area contributed by atoms with Crippen LogP contribution in [0.5, 0.6) is 0 Å². The van der Waals surface area contributed by atoms with Crippen LogP contribution in [0.4, 0.5) is 13.2 Å². The Morgan fingerprint density at radius 3 is 2.64 bits per heavy atom. The van der Waals surface area contributed by atoms with Crippen LogP contribution in [0, 0.1) is 0 Å². The summed E-state index contributed by atoms with van der Waals surface area (Å²) in [5.41, 5.74) is -0.858. The SMILES string of the molecule is C[NH+]1CCN(C(=O)c2nn3c(C(F)(F)F)cc(-c4cccs4)nc3c2Br)CC1. The van der Waals surface area contributed by atoms with Crippen LogP contribution in [-0.4, -0.2) is 58.6 Å². The summed E-state index contributed by atoms with van der Waals surface area (Å²) >= 11 is 4.56. The molecule has 0 atom stereocenters. The fourth-order valence-electron chi connectivity index (χ4n) is 3.12. The number of carbonyl (C=O) groups is 1. The Kier molecular flexibility index (Phi) is 4.92. The number of hydrogen-bond acceptors (Lipinski definition) is 4. The van der Waals surface area contributed by atoms with E-state index in [1.54, 1.807) is 22.4 Å². The molecular formula is C17H16BrF3N5OS+.